The lowest BCUT2D eigenvalue weighted by atomic mass is 9.91. The lowest BCUT2D eigenvalue weighted by Gasteiger charge is -2.14. The molecule has 0 aliphatic carbocycles. The van der Waals surface area contributed by atoms with E-state index in [1.807, 2.05) is 0 Å². The van der Waals surface area contributed by atoms with E-state index in [1.54, 1.807) is 5.56 Å². The summed E-state index contributed by atoms with van der Waals surface area (Å²) in [5.74, 6) is 0. The molecule has 19 heavy (non-hydrogen) atoms. The van der Waals surface area contributed by atoms with Crippen LogP contribution < -0.4 is 0 Å². The monoisotopic (exact) mass is 252 g/mol. The summed E-state index contributed by atoms with van der Waals surface area (Å²) in [5, 5.41) is 0. The molecule has 0 aromatic heterocycles. The van der Waals surface area contributed by atoms with Crippen LogP contribution in [0.5, 0.6) is 0 Å². The van der Waals surface area contributed by atoms with E-state index in [4.69, 9.17) is 0 Å². The molecule has 0 saturated heterocycles. The van der Waals surface area contributed by atoms with Crippen molar-refractivity contribution in [2.45, 2.75) is 47.0 Å². The molecule has 0 saturated carbocycles. The van der Waals surface area contributed by atoms with Crippen molar-refractivity contribution in [2.75, 3.05) is 0 Å². The van der Waals surface area contributed by atoms with E-state index in [-0.39, 0.29) is 0 Å². The van der Waals surface area contributed by atoms with Crippen molar-refractivity contribution >= 4 is 0 Å². The van der Waals surface area contributed by atoms with Crippen LogP contribution in [-0.4, -0.2) is 0 Å². The second-order valence-electron chi connectivity index (χ2n) is 5.30. The molecule has 0 aliphatic rings. The Morgan fingerprint density at radius 3 is 2.05 bits per heavy atom. The van der Waals surface area contributed by atoms with Crippen LogP contribution in [0, 0.1) is 13.8 Å². The van der Waals surface area contributed by atoms with Crippen molar-refractivity contribution in [3.63, 3.8) is 0 Å². The first kappa shape index (κ1) is 13.9. The third-order valence-corrected chi connectivity index (χ3v) is 4.20. The molecule has 0 nitrogen and oxygen atoms in total. The highest BCUT2D eigenvalue weighted by Crippen LogP contribution is 2.22. The molecule has 2 rings (SSSR count). The molecule has 0 heterocycles. The molecule has 2 aromatic rings. The average Bonchev–Trinajstić information content (AvgIpc) is 2.43. The van der Waals surface area contributed by atoms with Gasteiger partial charge >= 0.3 is 0 Å². The third-order valence-electron chi connectivity index (χ3n) is 4.20. The van der Waals surface area contributed by atoms with Crippen LogP contribution in [0.1, 0.15) is 47.2 Å². The molecule has 100 valence electrons. The fourth-order valence-electron chi connectivity index (χ4n) is 2.85. The van der Waals surface area contributed by atoms with Crippen LogP contribution in [0.25, 0.3) is 0 Å². The molecule has 0 bridgehead atoms. The van der Waals surface area contributed by atoms with Crippen molar-refractivity contribution in [1.29, 1.82) is 0 Å². The van der Waals surface area contributed by atoms with Crippen LogP contribution in [-0.2, 0) is 19.3 Å². The number of benzene rings is 2. The molecule has 0 unspecified atom stereocenters. The second-order valence-corrected chi connectivity index (χ2v) is 5.30. The third kappa shape index (κ3) is 2.89. The first-order chi connectivity index (χ1) is 9.17. The van der Waals surface area contributed by atoms with Crippen molar-refractivity contribution in [3.8, 4) is 0 Å². The largest absolute Gasteiger partial charge is 0.0617 e. The summed E-state index contributed by atoms with van der Waals surface area (Å²) in [6.07, 6.45) is 3.32. The van der Waals surface area contributed by atoms with E-state index in [2.05, 4.69) is 64.1 Å². The van der Waals surface area contributed by atoms with Crippen molar-refractivity contribution in [3.05, 3.63) is 69.8 Å². The number of hydrogen-bond donors (Lipinski definition) is 0. The number of rotatable bonds is 4. The standard InChI is InChI=1S/C19H24/c1-5-16-10-8-12-18(19(16)6-2)13-17-11-7-9-14(3)15(17)4/h7-12H,5-6,13H2,1-4H3. The number of aryl methyl sites for hydroxylation is 2. The van der Waals surface area contributed by atoms with E-state index in [9.17, 15) is 0 Å². The zero-order valence-corrected chi connectivity index (χ0v) is 12.6. The van der Waals surface area contributed by atoms with Crippen molar-refractivity contribution in [2.24, 2.45) is 0 Å². The van der Waals surface area contributed by atoms with E-state index in [0.717, 1.165) is 19.3 Å². The SMILES string of the molecule is CCc1cccc(Cc2cccc(C)c2C)c1CC. The van der Waals surface area contributed by atoms with Gasteiger partial charge in [-0.15, -0.1) is 0 Å². The van der Waals surface area contributed by atoms with E-state index in [1.165, 1.54) is 27.8 Å². The minimum Gasteiger partial charge on any atom is -0.0617 e. The first-order valence-electron chi connectivity index (χ1n) is 7.32. The minimum absolute atomic E-state index is 1.06. The fourth-order valence-corrected chi connectivity index (χ4v) is 2.85. The Kier molecular flexibility index (Phi) is 4.42. The van der Waals surface area contributed by atoms with E-state index >= 15 is 0 Å². The van der Waals surface area contributed by atoms with Gasteiger partial charge in [-0.05, 0) is 66.5 Å². The highest BCUT2D eigenvalue weighted by atomic mass is 14.1. The van der Waals surface area contributed by atoms with Crippen LogP contribution in [0.2, 0.25) is 0 Å². The van der Waals surface area contributed by atoms with Crippen molar-refractivity contribution in [1.82, 2.24) is 0 Å². The normalized spacial score (nSPS) is 10.7. The Morgan fingerprint density at radius 1 is 0.737 bits per heavy atom. The van der Waals surface area contributed by atoms with Gasteiger partial charge in [-0.1, -0.05) is 50.2 Å². The zero-order chi connectivity index (χ0) is 13.8. The predicted molar refractivity (Wildman–Crippen MR) is 83.9 cm³/mol. The molecule has 0 atom stereocenters. The summed E-state index contributed by atoms with van der Waals surface area (Å²) in [5.41, 5.74) is 8.84. The van der Waals surface area contributed by atoms with Gasteiger partial charge in [-0.2, -0.15) is 0 Å². The van der Waals surface area contributed by atoms with Crippen LogP contribution in [0.15, 0.2) is 36.4 Å². The van der Waals surface area contributed by atoms with Gasteiger partial charge in [0.25, 0.3) is 0 Å². The lowest BCUT2D eigenvalue weighted by Crippen LogP contribution is -2.01. The van der Waals surface area contributed by atoms with Gasteiger partial charge in [-0.25, -0.2) is 0 Å². The molecule has 0 amide bonds. The van der Waals surface area contributed by atoms with Gasteiger partial charge < -0.3 is 0 Å². The fraction of sp³-hybridized carbons (Fsp3) is 0.368. The molecular formula is C19H24. The number of hydrogen-bond acceptors (Lipinski definition) is 0. The highest BCUT2D eigenvalue weighted by Gasteiger charge is 2.08. The Bertz CT molecular complexity index is 564. The van der Waals surface area contributed by atoms with E-state index in [0.29, 0.717) is 0 Å². The van der Waals surface area contributed by atoms with Crippen LogP contribution in [0.4, 0.5) is 0 Å². The average molecular weight is 252 g/mol. The van der Waals surface area contributed by atoms with Gasteiger partial charge in [0, 0.05) is 0 Å². The molecule has 0 N–H and O–H groups in total. The zero-order valence-electron chi connectivity index (χ0n) is 12.6. The van der Waals surface area contributed by atoms with Crippen LogP contribution >= 0.6 is 0 Å². The maximum Gasteiger partial charge on any atom is -0.00202 e. The quantitative estimate of drug-likeness (QED) is 0.717. The predicted octanol–water partition coefficient (Wildman–Crippen LogP) is 5.02. The summed E-state index contributed by atoms with van der Waals surface area (Å²) in [6.45, 7) is 8.94. The molecule has 0 radical (unpaired) electrons. The lowest BCUT2D eigenvalue weighted by molar-refractivity contribution is 0.989. The maximum atomic E-state index is 2.29. The smallest absolute Gasteiger partial charge is 0.00202 e. The summed E-state index contributed by atoms with van der Waals surface area (Å²) < 4.78 is 0. The topological polar surface area (TPSA) is 0 Å². The van der Waals surface area contributed by atoms with Gasteiger partial charge in [0.1, 0.15) is 0 Å². The van der Waals surface area contributed by atoms with Gasteiger partial charge in [-0.3, -0.25) is 0 Å². The molecule has 0 spiro atoms. The molecule has 0 aliphatic heterocycles. The Morgan fingerprint density at radius 2 is 1.37 bits per heavy atom. The van der Waals surface area contributed by atoms with Gasteiger partial charge in [0.2, 0.25) is 0 Å². The summed E-state index contributed by atoms with van der Waals surface area (Å²) in [7, 11) is 0. The van der Waals surface area contributed by atoms with Gasteiger partial charge in [0.05, 0.1) is 0 Å². The van der Waals surface area contributed by atoms with E-state index < -0.39 is 0 Å². The summed E-state index contributed by atoms with van der Waals surface area (Å²) >= 11 is 0. The molecule has 0 heteroatoms. The Balaban J connectivity index is 2.41. The summed E-state index contributed by atoms with van der Waals surface area (Å²) in [4.78, 5) is 0. The first-order valence-corrected chi connectivity index (χ1v) is 7.32. The molecule has 0 fully saturated rings. The Hall–Kier alpha value is -1.56. The Labute approximate surface area is 117 Å². The molecular weight excluding hydrogens is 228 g/mol. The second kappa shape index (κ2) is 6.06. The summed E-state index contributed by atoms with van der Waals surface area (Å²) in [6, 6.07) is 13.4. The minimum atomic E-state index is 1.06. The maximum absolute atomic E-state index is 2.29. The van der Waals surface area contributed by atoms with Crippen molar-refractivity contribution < 1.29 is 0 Å². The van der Waals surface area contributed by atoms with Crippen LogP contribution in [0.3, 0.4) is 0 Å². The van der Waals surface area contributed by atoms with Gasteiger partial charge in [0.15, 0.2) is 0 Å². The highest BCUT2D eigenvalue weighted by molar-refractivity contribution is 5.42. The molecule has 2 aromatic carbocycles.